The van der Waals surface area contributed by atoms with E-state index in [4.69, 9.17) is 9.47 Å². The number of methoxy groups -OCH3 is 2. The van der Waals surface area contributed by atoms with E-state index in [1.165, 1.54) is 0 Å². The van der Waals surface area contributed by atoms with Crippen LogP contribution in [0, 0.1) is 0 Å². The number of hydrogen-bond donors (Lipinski definition) is 2. The number of aliphatic imine (C=N–C) groups is 1. The highest BCUT2D eigenvalue weighted by Gasteiger charge is 2.40. The van der Waals surface area contributed by atoms with Crippen LogP contribution in [0.1, 0.15) is 26.0 Å². The number of aromatic amines is 1. The van der Waals surface area contributed by atoms with E-state index < -0.39 is 14.6 Å². The van der Waals surface area contributed by atoms with Gasteiger partial charge in [-0.1, -0.05) is 0 Å². The highest BCUT2D eigenvalue weighted by atomic mass is 127. The average molecular weight is 564 g/mol. The zero-order chi connectivity index (χ0) is 21.9. The maximum atomic E-state index is 12.2. The summed E-state index contributed by atoms with van der Waals surface area (Å²) in [5.74, 6) is 2.44. The summed E-state index contributed by atoms with van der Waals surface area (Å²) in [4.78, 5) is 9.81. The lowest BCUT2D eigenvalue weighted by Gasteiger charge is -2.39. The number of aryl methyl sites for hydroxylation is 1. The van der Waals surface area contributed by atoms with Gasteiger partial charge in [0.2, 0.25) is 0 Å². The molecule has 0 amide bonds. The molecule has 174 valence electrons. The Kier molecular flexibility index (Phi) is 8.48. The molecule has 0 saturated carbocycles. The molecule has 1 aliphatic rings. The molecule has 10 heteroatoms. The lowest BCUT2D eigenvalue weighted by molar-refractivity contribution is 0.353. The van der Waals surface area contributed by atoms with Crippen LogP contribution in [0.3, 0.4) is 0 Å². The Balaban J connectivity index is 0.00000341. The van der Waals surface area contributed by atoms with Crippen LogP contribution >= 0.6 is 24.0 Å². The summed E-state index contributed by atoms with van der Waals surface area (Å²) in [6.07, 6.45) is 1.77. The number of H-pyrrole nitrogens is 1. The zero-order valence-electron chi connectivity index (χ0n) is 18.8. The topological polar surface area (TPSA) is 96.0 Å². The van der Waals surface area contributed by atoms with E-state index in [2.05, 4.69) is 21.4 Å². The first-order valence-corrected chi connectivity index (χ1v) is 11.8. The van der Waals surface area contributed by atoms with E-state index in [1.54, 1.807) is 35.1 Å². The van der Waals surface area contributed by atoms with Crippen LogP contribution in [-0.2, 0) is 16.3 Å². The second kappa shape index (κ2) is 10.3. The second-order valence-electron chi connectivity index (χ2n) is 8.16. The van der Waals surface area contributed by atoms with E-state index in [1.807, 2.05) is 17.0 Å². The van der Waals surface area contributed by atoms with Gasteiger partial charge in [0.1, 0.15) is 11.5 Å². The maximum Gasteiger partial charge on any atom is 0.193 e. The first-order valence-electron chi connectivity index (χ1n) is 10.1. The molecule has 1 aromatic carbocycles. The second-order valence-corrected chi connectivity index (χ2v) is 10.9. The van der Waals surface area contributed by atoms with Gasteiger partial charge in [-0.2, -0.15) is 0 Å². The largest absolute Gasteiger partial charge is 0.497 e. The molecule has 1 saturated heterocycles. The van der Waals surface area contributed by atoms with Gasteiger partial charge in [-0.25, -0.2) is 8.42 Å². The molecular weight excluding hydrogens is 531 g/mol. The third kappa shape index (κ3) is 5.57. The number of halogens is 1. The molecule has 1 aromatic heterocycles. The zero-order valence-corrected chi connectivity index (χ0v) is 22.0. The normalized spacial score (nSPS) is 17.8. The molecule has 0 atom stereocenters. The summed E-state index contributed by atoms with van der Waals surface area (Å²) in [7, 11) is 1.96. The Morgan fingerprint density at radius 2 is 2.00 bits per heavy atom. The monoisotopic (exact) mass is 564 g/mol. The number of rotatable bonds is 6. The number of aromatic nitrogens is 1. The van der Waals surface area contributed by atoms with Crippen LogP contribution in [-0.4, -0.2) is 75.7 Å². The summed E-state index contributed by atoms with van der Waals surface area (Å²) in [5.41, 5.74) is 2.11. The Morgan fingerprint density at radius 1 is 1.26 bits per heavy atom. The van der Waals surface area contributed by atoms with Crippen molar-refractivity contribution in [2.45, 2.75) is 31.4 Å². The smallest absolute Gasteiger partial charge is 0.193 e. The number of nitrogens with one attached hydrogen (secondary N) is 2. The standard InChI is InChI=1S/C21H32N4O4S.HI/c1-21(2)14-25(9-10-30(21,26)27)20(22-3)23-8-6-7-15-11-17-18(24-15)12-16(28-4)13-19(17)29-5;/h11-13,24H,6-10,14H2,1-5H3,(H,22,23);1H. The SMILES string of the molecule is CN=C(NCCCc1cc2c(OC)cc(OC)cc2[nH]1)N1CCS(=O)(=O)C(C)(C)C1.I. The van der Waals surface area contributed by atoms with E-state index in [0.29, 0.717) is 13.1 Å². The number of nitrogens with zero attached hydrogens (tertiary/aromatic N) is 2. The van der Waals surface area contributed by atoms with Crippen LogP contribution in [0.5, 0.6) is 11.5 Å². The Morgan fingerprint density at radius 3 is 2.61 bits per heavy atom. The molecule has 1 aliphatic heterocycles. The molecule has 0 aliphatic carbocycles. The third-order valence-electron chi connectivity index (χ3n) is 5.65. The quantitative estimate of drug-likeness (QED) is 0.243. The predicted octanol–water partition coefficient (Wildman–Crippen LogP) is 2.82. The van der Waals surface area contributed by atoms with Crippen molar-refractivity contribution in [1.29, 1.82) is 0 Å². The number of sulfone groups is 1. The number of hydrogen-bond acceptors (Lipinski definition) is 5. The third-order valence-corrected chi connectivity index (χ3v) is 8.18. The molecule has 3 rings (SSSR count). The van der Waals surface area contributed by atoms with Crippen molar-refractivity contribution >= 4 is 50.7 Å². The molecule has 31 heavy (non-hydrogen) atoms. The average Bonchev–Trinajstić information content (AvgIpc) is 3.12. The fourth-order valence-corrected chi connectivity index (χ4v) is 5.16. The number of benzene rings is 1. The van der Waals surface area contributed by atoms with Crippen molar-refractivity contribution in [3.63, 3.8) is 0 Å². The number of fused-ring (bicyclic) bond motifs is 1. The highest BCUT2D eigenvalue weighted by Crippen LogP contribution is 2.31. The number of ether oxygens (including phenoxy) is 2. The van der Waals surface area contributed by atoms with Gasteiger partial charge in [0.25, 0.3) is 0 Å². The lowest BCUT2D eigenvalue weighted by Crippen LogP contribution is -2.57. The lowest BCUT2D eigenvalue weighted by atomic mass is 10.2. The van der Waals surface area contributed by atoms with E-state index in [0.717, 1.165) is 53.4 Å². The van der Waals surface area contributed by atoms with Gasteiger partial charge in [0.05, 0.1) is 30.2 Å². The van der Waals surface area contributed by atoms with E-state index in [-0.39, 0.29) is 29.7 Å². The molecule has 1 fully saturated rings. The van der Waals surface area contributed by atoms with Gasteiger partial charge in [-0.05, 0) is 32.8 Å². The van der Waals surface area contributed by atoms with E-state index in [9.17, 15) is 8.42 Å². The summed E-state index contributed by atoms with van der Waals surface area (Å²) < 4.78 is 34.5. The molecular formula is C21H33IN4O4S. The molecule has 2 aromatic rings. The van der Waals surface area contributed by atoms with Crippen LogP contribution in [0.2, 0.25) is 0 Å². The van der Waals surface area contributed by atoms with Crippen molar-refractivity contribution in [2.24, 2.45) is 4.99 Å². The minimum absolute atomic E-state index is 0. The van der Waals surface area contributed by atoms with Crippen LogP contribution in [0.15, 0.2) is 23.2 Å². The van der Waals surface area contributed by atoms with Gasteiger partial charge in [-0.3, -0.25) is 4.99 Å². The van der Waals surface area contributed by atoms with Crippen LogP contribution < -0.4 is 14.8 Å². The first-order chi connectivity index (χ1) is 14.2. The Bertz CT molecular complexity index is 1030. The summed E-state index contributed by atoms with van der Waals surface area (Å²) in [5, 5.41) is 4.41. The van der Waals surface area contributed by atoms with Gasteiger partial charge in [0.15, 0.2) is 15.8 Å². The van der Waals surface area contributed by atoms with Crippen LogP contribution in [0.25, 0.3) is 10.9 Å². The van der Waals surface area contributed by atoms with Crippen molar-refractivity contribution in [2.75, 3.05) is 46.7 Å². The van der Waals surface area contributed by atoms with Gasteiger partial charge >= 0.3 is 0 Å². The summed E-state index contributed by atoms with van der Waals surface area (Å²) in [6, 6.07) is 5.96. The van der Waals surface area contributed by atoms with Crippen molar-refractivity contribution < 1.29 is 17.9 Å². The Labute approximate surface area is 201 Å². The van der Waals surface area contributed by atoms with Crippen molar-refractivity contribution in [3.05, 3.63) is 23.9 Å². The fourth-order valence-electron chi connectivity index (χ4n) is 3.79. The predicted molar refractivity (Wildman–Crippen MR) is 136 cm³/mol. The minimum atomic E-state index is -3.07. The molecule has 8 nitrogen and oxygen atoms in total. The minimum Gasteiger partial charge on any atom is -0.497 e. The molecule has 2 N–H and O–H groups in total. The van der Waals surface area contributed by atoms with Gasteiger partial charge in [0, 0.05) is 49.9 Å². The Hall–Kier alpha value is -1.69. The number of guanidine groups is 1. The van der Waals surface area contributed by atoms with Gasteiger partial charge < -0.3 is 24.7 Å². The van der Waals surface area contributed by atoms with Crippen LogP contribution in [0.4, 0.5) is 0 Å². The molecule has 0 unspecified atom stereocenters. The van der Waals surface area contributed by atoms with Crippen molar-refractivity contribution in [1.82, 2.24) is 15.2 Å². The molecule has 0 radical (unpaired) electrons. The van der Waals surface area contributed by atoms with E-state index >= 15 is 0 Å². The highest BCUT2D eigenvalue weighted by molar-refractivity contribution is 14.0. The van der Waals surface area contributed by atoms with Crippen molar-refractivity contribution in [3.8, 4) is 11.5 Å². The fraction of sp³-hybridized carbons (Fsp3) is 0.571. The maximum absolute atomic E-state index is 12.2. The summed E-state index contributed by atoms with van der Waals surface area (Å²) >= 11 is 0. The first kappa shape index (κ1) is 25.6. The molecule has 0 bridgehead atoms. The molecule has 2 heterocycles. The molecule has 0 spiro atoms. The summed E-state index contributed by atoms with van der Waals surface area (Å²) in [6.45, 7) is 5.21. The van der Waals surface area contributed by atoms with Gasteiger partial charge in [-0.15, -0.1) is 24.0 Å².